The fourth-order valence-electron chi connectivity index (χ4n) is 3.47. The summed E-state index contributed by atoms with van der Waals surface area (Å²) in [6, 6.07) is 18.9. The van der Waals surface area contributed by atoms with Crippen LogP contribution in [0.5, 0.6) is 0 Å². The lowest BCUT2D eigenvalue weighted by molar-refractivity contribution is 0.677. The van der Waals surface area contributed by atoms with Crippen molar-refractivity contribution in [3.63, 3.8) is 0 Å². The molecule has 158 valence electrons. The van der Waals surface area contributed by atoms with Gasteiger partial charge in [-0.15, -0.1) is 0 Å². The Hall–Kier alpha value is -3.87. The predicted molar refractivity (Wildman–Crippen MR) is 123 cm³/mol. The smallest absolute Gasteiger partial charge is 0.191 e. The van der Waals surface area contributed by atoms with Gasteiger partial charge in [-0.2, -0.15) is 5.10 Å². The van der Waals surface area contributed by atoms with Crippen molar-refractivity contribution >= 4 is 5.96 Å². The highest BCUT2D eigenvalue weighted by Gasteiger charge is 2.05. The Morgan fingerprint density at radius 3 is 2.48 bits per heavy atom. The average molecular weight is 414 g/mol. The van der Waals surface area contributed by atoms with Crippen LogP contribution in [0.25, 0.3) is 0 Å². The molecule has 0 unspecified atom stereocenters. The van der Waals surface area contributed by atoms with Gasteiger partial charge in [0.05, 0.1) is 12.9 Å². The number of benzene rings is 2. The van der Waals surface area contributed by atoms with Gasteiger partial charge in [0.25, 0.3) is 0 Å². The van der Waals surface area contributed by atoms with Crippen molar-refractivity contribution in [1.29, 1.82) is 0 Å². The van der Waals surface area contributed by atoms with Crippen LogP contribution in [0.3, 0.4) is 0 Å². The van der Waals surface area contributed by atoms with E-state index in [4.69, 9.17) is 0 Å². The van der Waals surface area contributed by atoms with E-state index in [0.717, 1.165) is 19.0 Å². The topological polar surface area (TPSA) is 72.1 Å². The normalized spacial score (nSPS) is 11.5. The van der Waals surface area contributed by atoms with Crippen LogP contribution < -0.4 is 10.6 Å². The van der Waals surface area contributed by atoms with E-state index in [-0.39, 0.29) is 0 Å². The lowest BCUT2D eigenvalue weighted by atomic mass is 10.1. The first-order valence-corrected chi connectivity index (χ1v) is 10.3. The quantitative estimate of drug-likeness (QED) is 0.344. The Morgan fingerprint density at radius 1 is 0.871 bits per heavy atom. The Morgan fingerprint density at radius 2 is 1.71 bits per heavy atom. The van der Waals surface area contributed by atoms with Gasteiger partial charge in [0.15, 0.2) is 5.96 Å². The van der Waals surface area contributed by atoms with Crippen LogP contribution in [-0.4, -0.2) is 32.3 Å². The number of nitrogens with zero attached hydrogens (tertiary/aromatic N) is 5. The van der Waals surface area contributed by atoms with Crippen LogP contribution in [-0.2, 0) is 26.2 Å². The van der Waals surface area contributed by atoms with Crippen LogP contribution in [0.1, 0.15) is 22.3 Å². The summed E-state index contributed by atoms with van der Waals surface area (Å²) in [6.45, 7) is 2.96. The molecular weight excluding hydrogens is 386 g/mol. The van der Waals surface area contributed by atoms with Crippen molar-refractivity contribution in [3.05, 3.63) is 108 Å². The summed E-state index contributed by atoms with van der Waals surface area (Å²) in [6.07, 6.45) is 9.39. The number of guanidine groups is 1. The van der Waals surface area contributed by atoms with Crippen molar-refractivity contribution in [2.45, 2.75) is 26.2 Å². The van der Waals surface area contributed by atoms with Crippen molar-refractivity contribution in [2.75, 3.05) is 7.05 Å². The van der Waals surface area contributed by atoms with Gasteiger partial charge in [0.1, 0.15) is 0 Å². The molecule has 0 atom stereocenters. The van der Waals surface area contributed by atoms with Gasteiger partial charge in [0, 0.05) is 51.5 Å². The third-order valence-electron chi connectivity index (χ3n) is 5.06. The first-order valence-electron chi connectivity index (χ1n) is 10.3. The molecule has 0 bridgehead atoms. The highest BCUT2D eigenvalue weighted by molar-refractivity contribution is 5.79. The molecule has 2 aromatic carbocycles. The molecule has 0 aliphatic carbocycles. The van der Waals surface area contributed by atoms with E-state index in [1.165, 1.54) is 22.3 Å². The summed E-state index contributed by atoms with van der Waals surface area (Å²) in [7, 11) is 1.79. The molecule has 2 N–H and O–H groups in total. The molecule has 0 aliphatic rings. The minimum atomic E-state index is 0.692. The molecule has 0 fully saturated rings. The molecule has 0 aliphatic heterocycles. The fraction of sp³-hybridized carbons (Fsp3) is 0.208. The second-order valence-electron chi connectivity index (χ2n) is 7.31. The number of imidazole rings is 1. The third kappa shape index (κ3) is 5.82. The van der Waals surface area contributed by atoms with Crippen molar-refractivity contribution < 1.29 is 0 Å². The Bertz CT molecular complexity index is 1100. The Kier molecular flexibility index (Phi) is 6.74. The zero-order valence-electron chi connectivity index (χ0n) is 17.6. The van der Waals surface area contributed by atoms with Gasteiger partial charge in [-0.05, 0) is 28.3 Å². The van der Waals surface area contributed by atoms with Crippen LogP contribution in [0, 0.1) is 0 Å². The molecule has 0 amide bonds. The van der Waals surface area contributed by atoms with Crippen LogP contribution in [0.4, 0.5) is 0 Å². The molecule has 0 saturated heterocycles. The minimum Gasteiger partial charge on any atom is -0.352 e. The first kappa shape index (κ1) is 20.4. The lowest BCUT2D eigenvalue weighted by Gasteiger charge is -2.15. The molecule has 7 nitrogen and oxygen atoms in total. The molecule has 4 rings (SSSR count). The van der Waals surface area contributed by atoms with Crippen LogP contribution >= 0.6 is 0 Å². The number of nitrogens with one attached hydrogen (secondary N) is 2. The highest BCUT2D eigenvalue weighted by atomic mass is 15.3. The monoisotopic (exact) mass is 413 g/mol. The van der Waals surface area contributed by atoms with E-state index >= 15 is 0 Å². The van der Waals surface area contributed by atoms with Crippen LogP contribution in [0.15, 0.2) is 90.7 Å². The van der Waals surface area contributed by atoms with Crippen molar-refractivity contribution in [2.24, 2.45) is 4.99 Å². The summed E-state index contributed by atoms with van der Waals surface area (Å²) in [5, 5.41) is 11.1. The average Bonchev–Trinajstić information content (AvgIpc) is 3.50. The number of aliphatic imine (C=N–C) groups is 1. The zero-order chi connectivity index (χ0) is 21.3. The summed E-state index contributed by atoms with van der Waals surface area (Å²) in [4.78, 5) is 8.48. The van der Waals surface area contributed by atoms with Crippen molar-refractivity contribution in [3.8, 4) is 0 Å². The number of rotatable bonds is 8. The summed E-state index contributed by atoms with van der Waals surface area (Å²) < 4.78 is 4.00. The maximum atomic E-state index is 4.37. The SMILES string of the molecule is CN=C(NCc1cccc(Cn2ccnc2)c1)NCc1ccccc1Cn1cccn1. The zero-order valence-corrected chi connectivity index (χ0v) is 17.6. The van der Waals surface area contributed by atoms with Gasteiger partial charge < -0.3 is 15.2 Å². The fourth-order valence-corrected chi connectivity index (χ4v) is 3.47. The van der Waals surface area contributed by atoms with Gasteiger partial charge in [0.2, 0.25) is 0 Å². The standard InChI is InChI=1S/C24H27N7/c1-25-24(27-15-20-6-4-7-21(14-20)17-30-13-11-26-19-30)28-16-22-8-2-3-9-23(22)18-31-12-5-10-29-31/h2-14,19H,15-18H2,1H3,(H2,25,27,28). The molecule has 0 spiro atoms. The second kappa shape index (κ2) is 10.2. The van der Waals surface area contributed by atoms with E-state index in [0.29, 0.717) is 13.1 Å². The Balaban J connectivity index is 1.33. The summed E-state index contributed by atoms with van der Waals surface area (Å²) in [5.74, 6) is 0.772. The van der Waals surface area contributed by atoms with Gasteiger partial charge in [-0.1, -0.05) is 48.5 Å². The number of hydrogen-bond donors (Lipinski definition) is 2. The maximum absolute atomic E-state index is 4.37. The van der Waals surface area contributed by atoms with Crippen molar-refractivity contribution in [1.82, 2.24) is 30.0 Å². The van der Waals surface area contributed by atoms with E-state index in [2.05, 4.69) is 78.8 Å². The van der Waals surface area contributed by atoms with E-state index in [1.807, 2.05) is 29.5 Å². The number of hydrogen-bond acceptors (Lipinski definition) is 3. The molecule has 7 heteroatoms. The van der Waals surface area contributed by atoms with Crippen LogP contribution in [0.2, 0.25) is 0 Å². The molecule has 0 saturated carbocycles. The minimum absolute atomic E-state index is 0.692. The Labute approximate surface area is 182 Å². The van der Waals surface area contributed by atoms with Gasteiger partial charge in [-0.25, -0.2) is 4.98 Å². The lowest BCUT2D eigenvalue weighted by Crippen LogP contribution is -2.36. The summed E-state index contributed by atoms with van der Waals surface area (Å²) >= 11 is 0. The van der Waals surface area contributed by atoms with E-state index in [9.17, 15) is 0 Å². The molecule has 4 aromatic rings. The number of aromatic nitrogens is 4. The molecular formula is C24H27N7. The first-order chi connectivity index (χ1) is 15.3. The highest BCUT2D eigenvalue weighted by Crippen LogP contribution is 2.11. The maximum Gasteiger partial charge on any atom is 0.191 e. The molecule has 0 radical (unpaired) electrons. The predicted octanol–water partition coefficient (Wildman–Crippen LogP) is 3.04. The third-order valence-corrected chi connectivity index (χ3v) is 5.06. The largest absolute Gasteiger partial charge is 0.352 e. The second-order valence-corrected chi connectivity index (χ2v) is 7.31. The van der Waals surface area contributed by atoms with Gasteiger partial charge >= 0.3 is 0 Å². The van der Waals surface area contributed by atoms with E-state index < -0.39 is 0 Å². The molecule has 2 aromatic heterocycles. The van der Waals surface area contributed by atoms with Gasteiger partial charge in [-0.3, -0.25) is 9.67 Å². The molecule has 31 heavy (non-hydrogen) atoms. The molecule has 2 heterocycles. The van der Waals surface area contributed by atoms with E-state index in [1.54, 1.807) is 19.4 Å². The summed E-state index contributed by atoms with van der Waals surface area (Å²) in [5.41, 5.74) is 4.91.